The Morgan fingerprint density at radius 3 is 0.903 bits per heavy atom. The summed E-state index contributed by atoms with van der Waals surface area (Å²) in [5.41, 5.74) is 32.2. The van der Waals surface area contributed by atoms with Crippen LogP contribution in [0.4, 0.5) is 34.1 Å². The predicted molar refractivity (Wildman–Crippen MR) is 394 cm³/mol. The number of fused-ring (bicyclic) bond motifs is 10. The van der Waals surface area contributed by atoms with Gasteiger partial charge < -0.3 is 18.9 Å². The molecule has 0 radical (unpaired) electrons. The van der Waals surface area contributed by atoms with Gasteiger partial charge in [0.25, 0.3) is 6.71 Å². The number of hydrogen-bond donors (Lipinski definition) is 0. The first kappa shape index (κ1) is 53.9. The van der Waals surface area contributed by atoms with Gasteiger partial charge >= 0.3 is 0 Å². The summed E-state index contributed by atoms with van der Waals surface area (Å²) >= 11 is 0. The molecule has 2 aromatic heterocycles. The fraction of sp³-hybridized carbons (Fsp3) is 0.114. The molecule has 0 N–H and O–H groups in total. The van der Waals surface area contributed by atoms with Crippen LogP contribution in [0.25, 0.3) is 99.5 Å². The maximum Gasteiger partial charge on any atom is 0.252 e. The van der Waals surface area contributed by atoms with Crippen LogP contribution in [0.2, 0.25) is 0 Å². The van der Waals surface area contributed by atoms with Gasteiger partial charge in [-0.3, -0.25) is 0 Å². The zero-order valence-electron chi connectivity index (χ0n) is 52.6. The number of para-hydroxylation sites is 6. The first-order chi connectivity index (χ1) is 45.9. The lowest BCUT2D eigenvalue weighted by atomic mass is 9.33. The number of benzene rings is 13. The highest BCUT2D eigenvalue weighted by atomic mass is 15.2. The lowest BCUT2D eigenvalue weighted by molar-refractivity contribution is 0.590. The summed E-state index contributed by atoms with van der Waals surface area (Å²) in [6.45, 7) is 7.11. The van der Waals surface area contributed by atoms with Crippen molar-refractivity contribution in [1.82, 2.24) is 9.13 Å². The summed E-state index contributed by atoms with van der Waals surface area (Å²) in [7, 11) is 0. The molecule has 0 bridgehead atoms. The Labute approximate surface area is 544 Å². The minimum atomic E-state index is -0.282. The second-order valence-electron chi connectivity index (χ2n) is 27.3. The highest BCUT2D eigenvalue weighted by molar-refractivity contribution is 7.00. The smallest absolute Gasteiger partial charge is 0.252 e. The van der Waals surface area contributed by atoms with Gasteiger partial charge in [-0.1, -0.05) is 263 Å². The van der Waals surface area contributed by atoms with E-state index in [2.05, 4.69) is 331 Å². The Morgan fingerprint density at radius 2 is 0.602 bits per heavy atom. The second kappa shape index (κ2) is 20.8. The number of aromatic nitrogens is 2. The molecule has 13 aromatic carbocycles. The van der Waals surface area contributed by atoms with E-state index < -0.39 is 0 Å². The Morgan fingerprint density at radius 1 is 0.301 bits per heavy atom. The van der Waals surface area contributed by atoms with Crippen molar-refractivity contribution in [2.75, 3.05) is 9.80 Å². The third-order valence-corrected chi connectivity index (χ3v) is 20.8. The Bertz CT molecular complexity index is 4960. The summed E-state index contributed by atoms with van der Waals surface area (Å²) in [5, 5.41) is 5.09. The van der Waals surface area contributed by atoms with E-state index in [4.69, 9.17) is 0 Å². The van der Waals surface area contributed by atoms with Gasteiger partial charge in [-0.25, -0.2) is 0 Å². The summed E-state index contributed by atoms with van der Waals surface area (Å²) in [6.07, 6.45) is 4.45. The van der Waals surface area contributed by atoms with Crippen molar-refractivity contribution < 1.29 is 0 Å². The molecule has 19 rings (SSSR count). The number of nitrogens with zero attached hydrogens (tertiary/aromatic N) is 4. The predicted octanol–water partition coefficient (Wildman–Crippen LogP) is 21.7. The van der Waals surface area contributed by atoms with Gasteiger partial charge in [-0.05, 0) is 136 Å². The first-order valence-electron chi connectivity index (χ1n) is 33.4. The van der Waals surface area contributed by atoms with Crippen LogP contribution in [-0.4, -0.2) is 15.8 Å². The topological polar surface area (TPSA) is 16.3 Å². The number of rotatable bonds is 10. The molecule has 0 unspecified atom stereocenters. The van der Waals surface area contributed by atoms with Crippen LogP contribution >= 0.6 is 0 Å². The lowest BCUT2D eigenvalue weighted by Gasteiger charge is -2.48. The van der Waals surface area contributed by atoms with Crippen LogP contribution in [0.5, 0.6) is 0 Å². The zero-order chi connectivity index (χ0) is 61.6. The highest BCUT2D eigenvalue weighted by Crippen LogP contribution is 2.60. The second-order valence-corrected chi connectivity index (χ2v) is 27.3. The summed E-state index contributed by atoms with van der Waals surface area (Å²) in [6, 6.07) is 111. The van der Waals surface area contributed by atoms with Crippen LogP contribution < -0.4 is 26.2 Å². The molecular weight excluding hydrogens is 1120 g/mol. The third kappa shape index (κ3) is 8.32. The Hall–Kier alpha value is -10.9. The van der Waals surface area contributed by atoms with E-state index in [1.807, 2.05) is 0 Å². The molecule has 2 aliphatic carbocycles. The normalized spacial score (nSPS) is 14.3. The standard InChI is InChI=1S/C88H67BN4/c1-88(2,3)62-54-79-83-80(55-62)93(85-65(58-30-12-6-13-31-58)40-25-41-66(85)59-32-14-7-15-33-59)87-72(51-53-78(82(87)61-48-49-61)91-75-44-22-18-36-69(75)70-37-19-23-45-76(70)91)89(83)71-50-52-77(90-73-42-20-16-34-67(73)68-35-17-21-43-74(68)90)81(60-46-47-60)86(71)92(79)84-63(56-26-8-4-9-27-56)38-24-39-64(84)57-28-10-5-11-29-57/h4-45,50-55,60-61H,46-49H2,1-3H3. The van der Waals surface area contributed by atoms with Crippen LogP contribution in [0, 0.1) is 0 Å². The minimum Gasteiger partial charge on any atom is -0.310 e. The van der Waals surface area contributed by atoms with Gasteiger partial charge in [0.1, 0.15) is 0 Å². The van der Waals surface area contributed by atoms with E-state index in [0.29, 0.717) is 11.8 Å². The van der Waals surface area contributed by atoms with Crippen molar-refractivity contribution in [2.45, 2.75) is 63.7 Å². The lowest BCUT2D eigenvalue weighted by Crippen LogP contribution is -2.62. The van der Waals surface area contributed by atoms with E-state index in [-0.39, 0.29) is 12.1 Å². The maximum atomic E-state index is 2.83. The third-order valence-electron chi connectivity index (χ3n) is 20.8. The summed E-state index contributed by atoms with van der Waals surface area (Å²) < 4.78 is 5.24. The molecule has 2 saturated carbocycles. The molecule has 2 fully saturated rings. The van der Waals surface area contributed by atoms with Crippen LogP contribution in [0.1, 0.15) is 75.0 Å². The first-order valence-corrected chi connectivity index (χ1v) is 33.4. The molecule has 0 saturated heterocycles. The molecular formula is C88H67BN4. The number of anilines is 6. The summed E-state index contributed by atoms with van der Waals surface area (Å²) in [4.78, 5) is 5.66. The van der Waals surface area contributed by atoms with Gasteiger partial charge in [-0.15, -0.1) is 0 Å². The van der Waals surface area contributed by atoms with E-state index in [1.165, 1.54) is 167 Å². The highest BCUT2D eigenvalue weighted by Gasteiger charge is 2.50. The molecule has 93 heavy (non-hydrogen) atoms. The van der Waals surface area contributed by atoms with Crippen molar-refractivity contribution in [3.63, 3.8) is 0 Å². The molecule has 0 spiro atoms. The van der Waals surface area contributed by atoms with Crippen molar-refractivity contribution in [2.24, 2.45) is 0 Å². The van der Waals surface area contributed by atoms with Gasteiger partial charge in [0.05, 0.1) is 44.8 Å². The van der Waals surface area contributed by atoms with Crippen molar-refractivity contribution in [3.05, 3.63) is 308 Å². The van der Waals surface area contributed by atoms with Crippen molar-refractivity contribution >= 4 is 101 Å². The monoisotopic (exact) mass is 1190 g/mol. The summed E-state index contributed by atoms with van der Waals surface area (Å²) in [5.74, 6) is 0.636. The fourth-order valence-corrected chi connectivity index (χ4v) is 16.4. The molecule has 2 aliphatic heterocycles. The molecule has 4 nitrogen and oxygen atoms in total. The maximum absolute atomic E-state index is 2.83. The fourth-order valence-electron chi connectivity index (χ4n) is 16.4. The van der Waals surface area contributed by atoms with Crippen LogP contribution in [0.3, 0.4) is 0 Å². The van der Waals surface area contributed by atoms with E-state index in [1.54, 1.807) is 0 Å². The number of hydrogen-bond acceptors (Lipinski definition) is 2. The van der Waals surface area contributed by atoms with Crippen molar-refractivity contribution in [1.29, 1.82) is 0 Å². The van der Waals surface area contributed by atoms with Crippen LogP contribution in [-0.2, 0) is 5.41 Å². The van der Waals surface area contributed by atoms with E-state index >= 15 is 0 Å². The molecule has 15 aromatic rings. The zero-order valence-corrected chi connectivity index (χ0v) is 52.6. The Kier molecular flexibility index (Phi) is 12.1. The van der Waals surface area contributed by atoms with Crippen molar-refractivity contribution in [3.8, 4) is 55.9 Å². The van der Waals surface area contributed by atoms with Gasteiger partial charge in [0.15, 0.2) is 0 Å². The van der Waals surface area contributed by atoms with Gasteiger partial charge in [0.2, 0.25) is 0 Å². The SMILES string of the molecule is CC(C)(C)c1cc2c3c(c1)N(c1c(-c4ccccc4)cccc1-c1ccccc1)c1c(ccc(-n4c5ccccc5c5ccccc54)c1C1CC1)B3c1ccc(-n3c4ccccc4c4ccccc43)c(C3CC3)c1N2c1c(-c2ccccc2)cccc1-c1ccccc1. The minimum absolute atomic E-state index is 0.163. The van der Waals surface area contributed by atoms with Crippen LogP contribution in [0.15, 0.2) is 291 Å². The van der Waals surface area contributed by atoms with E-state index in [9.17, 15) is 0 Å². The molecule has 5 heteroatoms. The quantitative estimate of drug-likeness (QED) is 0.127. The molecule has 4 aliphatic rings. The Balaban J connectivity index is 1.03. The average molecular weight is 1190 g/mol. The molecule has 0 amide bonds. The van der Waals surface area contributed by atoms with Gasteiger partial charge in [-0.2, -0.15) is 0 Å². The molecule has 0 atom stereocenters. The van der Waals surface area contributed by atoms with E-state index in [0.717, 1.165) is 25.7 Å². The molecule has 442 valence electrons. The largest absolute Gasteiger partial charge is 0.310 e. The average Bonchev–Trinajstić information content (AvgIpc) is 1.44. The molecule has 4 heterocycles. The van der Waals surface area contributed by atoms with Gasteiger partial charge in [0, 0.05) is 77.7 Å².